The Hall–Kier alpha value is -1.13. The Morgan fingerprint density at radius 1 is 1.53 bits per heavy atom. The molecule has 0 bridgehead atoms. The molecule has 1 atom stereocenters. The van der Waals surface area contributed by atoms with Crippen molar-refractivity contribution in [2.24, 2.45) is 0 Å². The topological polar surface area (TPSA) is 34.5 Å². The molecule has 1 unspecified atom stereocenters. The summed E-state index contributed by atoms with van der Waals surface area (Å²) in [6.45, 7) is 3.26. The van der Waals surface area contributed by atoms with E-state index >= 15 is 0 Å². The molecule has 0 aliphatic carbocycles. The van der Waals surface area contributed by atoms with Crippen LogP contribution in [0.4, 0.5) is 0 Å². The fourth-order valence-electron chi connectivity index (χ4n) is 1.81. The zero-order chi connectivity index (χ0) is 10.7. The average molecular weight is 208 g/mol. The highest BCUT2D eigenvalue weighted by atomic mass is 16.5. The number of aromatic nitrogens is 1. The fourth-order valence-corrected chi connectivity index (χ4v) is 1.81. The Kier molecular flexibility index (Phi) is 3.18. The highest BCUT2D eigenvalue weighted by Crippen LogP contribution is 2.04. The Morgan fingerprint density at radius 2 is 2.40 bits per heavy atom. The highest BCUT2D eigenvalue weighted by Gasteiger charge is 2.17. The summed E-state index contributed by atoms with van der Waals surface area (Å²) in [7, 11) is 2.07. The van der Waals surface area contributed by atoms with Gasteiger partial charge in [-0.2, -0.15) is 0 Å². The Balaban J connectivity index is 2.02. The molecule has 1 aliphatic heterocycles. The summed E-state index contributed by atoms with van der Waals surface area (Å²) in [5.74, 6) is 0. The average Bonchev–Trinajstić information content (AvgIpc) is 2.22. The van der Waals surface area contributed by atoms with Crippen LogP contribution in [-0.4, -0.2) is 42.3 Å². The molecule has 1 aliphatic rings. The lowest BCUT2D eigenvalue weighted by Crippen LogP contribution is -2.43. The quantitative estimate of drug-likeness (QED) is 0.695. The molecule has 1 fully saturated rings. The molecule has 0 amide bonds. The molecule has 82 valence electrons. The third kappa shape index (κ3) is 2.67. The van der Waals surface area contributed by atoms with Crippen LogP contribution in [0.1, 0.15) is 0 Å². The summed E-state index contributed by atoms with van der Waals surface area (Å²) < 4.78 is 7.30. The molecule has 0 N–H and O–H groups in total. The maximum atomic E-state index is 11.5. The molecule has 4 nitrogen and oxygen atoms in total. The summed E-state index contributed by atoms with van der Waals surface area (Å²) in [5, 5.41) is 0. The van der Waals surface area contributed by atoms with Crippen LogP contribution in [-0.2, 0) is 11.3 Å². The van der Waals surface area contributed by atoms with Gasteiger partial charge in [-0.3, -0.25) is 4.79 Å². The van der Waals surface area contributed by atoms with E-state index in [0.29, 0.717) is 6.54 Å². The van der Waals surface area contributed by atoms with Crippen molar-refractivity contribution in [1.29, 1.82) is 0 Å². The minimum atomic E-state index is 0.0364. The number of likely N-dealkylation sites (N-methyl/N-ethyl adjacent to an activating group) is 1. The first-order chi connectivity index (χ1) is 7.25. The van der Waals surface area contributed by atoms with Gasteiger partial charge in [0.1, 0.15) is 0 Å². The lowest BCUT2D eigenvalue weighted by atomic mass is 10.3. The van der Waals surface area contributed by atoms with Crippen LogP contribution in [0.2, 0.25) is 0 Å². The molecule has 15 heavy (non-hydrogen) atoms. The van der Waals surface area contributed by atoms with Crippen molar-refractivity contribution in [2.45, 2.75) is 12.6 Å². The smallest absolute Gasteiger partial charge is 0.250 e. The van der Waals surface area contributed by atoms with Crippen LogP contribution in [0, 0.1) is 0 Å². The molecule has 0 radical (unpaired) electrons. The van der Waals surface area contributed by atoms with Gasteiger partial charge in [0.05, 0.1) is 19.3 Å². The molecule has 2 heterocycles. The van der Waals surface area contributed by atoms with Gasteiger partial charge in [-0.1, -0.05) is 6.07 Å². The fraction of sp³-hybridized carbons (Fsp3) is 0.545. The van der Waals surface area contributed by atoms with Gasteiger partial charge in [-0.15, -0.1) is 0 Å². The van der Waals surface area contributed by atoms with E-state index < -0.39 is 0 Å². The van der Waals surface area contributed by atoms with Crippen molar-refractivity contribution in [3.05, 3.63) is 34.7 Å². The Morgan fingerprint density at radius 3 is 3.13 bits per heavy atom. The monoisotopic (exact) mass is 208 g/mol. The Bertz CT molecular complexity index is 375. The SMILES string of the molecule is CN1CCOC(Cn2ccccc2=O)C1. The lowest BCUT2D eigenvalue weighted by molar-refractivity contribution is -0.0279. The van der Waals surface area contributed by atoms with Crippen molar-refractivity contribution in [3.63, 3.8) is 0 Å². The molecule has 0 spiro atoms. The van der Waals surface area contributed by atoms with Crippen LogP contribution in [0.5, 0.6) is 0 Å². The van der Waals surface area contributed by atoms with Crippen molar-refractivity contribution < 1.29 is 4.74 Å². The van der Waals surface area contributed by atoms with Crippen LogP contribution >= 0.6 is 0 Å². The van der Waals surface area contributed by atoms with Gasteiger partial charge in [-0.05, 0) is 13.1 Å². The molecule has 0 saturated carbocycles. The molecule has 2 rings (SSSR count). The summed E-state index contributed by atoms with van der Waals surface area (Å²) in [4.78, 5) is 13.7. The maximum absolute atomic E-state index is 11.5. The number of morpholine rings is 1. The van der Waals surface area contributed by atoms with E-state index in [9.17, 15) is 4.79 Å². The minimum absolute atomic E-state index is 0.0364. The zero-order valence-electron chi connectivity index (χ0n) is 8.93. The summed E-state index contributed by atoms with van der Waals surface area (Å²) in [5.41, 5.74) is 0.0364. The van der Waals surface area contributed by atoms with E-state index in [1.165, 1.54) is 0 Å². The van der Waals surface area contributed by atoms with Gasteiger partial charge in [0.25, 0.3) is 5.56 Å². The van der Waals surface area contributed by atoms with Gasteiger partial charge in [0, 0.05) is 25.4 Å². The third-order valence-corrected chi connectivity index (χ3v) is 2.64. The molecule has 1 aromatic heterocycles. The molecule has 1 aromatic rings. The summed E-state index contributed by atoms with van der Waals surface area (Å²) in [6, 6.07) is 5.20. The second-order valence-electron chi connectivity index (χ2n) is 3.95. The van der Waals surface area contributed by atoms with Crippen molar-refractivity contribution in [2.75, 3.05) is 26.7 Å². The first kappa shape index (κ1) is 10.4. The predicted molar refractivity (Wildman–Crippen MR) is 57.9 cm³/mol. The summed E-state index contributed by atoms with van der Waals surface area (Å²) in [6.07, 6.45) is 1.93. The molecule has 1 saturated heterocycles. The number of hydrogen-bond acceptors (Lipinski definition) is 3. The van der Waals surface area contributed by atoms with Crippen LogP contribution < -0.4 is 5.56 Å². The van der Waals surface area contributed by atoms with Crippen LogP contribution in [0.15, 0.2) is 29.2 Å². The zero-order valence-corrected chi connectivity index (χ0v) is 8.93. The van der Waals surface area contributed by atoms with Crippen molar-refractivity contribution >= 4 is 0 Å². The lowest BCUT2D eigenvalue weighted by Gasteiger charge is -2.30. The van der Waals surface area contributed by atoms with E-state index in [-0.39, 0.29) is 11.7 Å². The van der Waals surface area contributed by atoms with Crippen molar-refractivity contribution in [1.82, 2.24) is 9.47 Å². The second-order valence-corrected chi connectivity index (χ2v) is 3.95. The minimum Gasteiger partial charge on any atom is -0.374 e. The Labute approximate surface area is 89.1 Å². The molecule has 0 aromatic carbocycles. The van der Waals surface area contributed by atoms with Crippen LogP contribution in [0.3, 0.4) is 0 Å². The largest absolute Gasteiger partial charge is 0.374 e. The van der Waals surface area contributed by atoms with Gasteiger partial charge >= 0.3 is 0 Å². The molecular formula is C11H16N2O2. The summed E-state index contributed by atoms with van der Waals surface area (Å²) >= 11 is 0. The van der Waals surface area contributed by atoms with Crippen LogP contribution in [0.25, 0.3) is 0 Å². The molecule has 4 heteroatoms. The van der Waals surface area contributed by atoms with E-state index in [2.05, 4.69) is 11.9 Å². The van der Waals surface area contributed by atoms with Gasteiger partial charge < -0.3 is 14.2 Å². The van der Waals surface area contributed by atoms with Gasteiger partial charge in [0.2, 0.25) is 0 Å². The highest BCUT2D eigenvalue weighted by molar-refractivity contribution is 4.93. The first-order valence-electron chi connectivity index (χ1n) is 5.21. The normalized spacial score (nSPS) is 22.9. The van der Waals surface area contributed by atoms with Crippen molar-refractivity contribution in [3.8, 4) is 0 Å². The van der Waals surface area contributed by atoms with E-state index in [1.54, 1.807) is 22.9 Å². The van der Waals surface area contributed by atoms with Gasteiger partial charge in [0.15, 0.2) is 0 Å². The third-order valence-electron chi connectivity index (χ3n) is 2.64. The van der Waals surface area contributed by atoms with Gasteiger partial charge in [-0.25, -0.2) is 0 Å². The second kappa shape index (κ2) is 4.59. The first-order valence-corrected chi connectivity index (χ1v) is 5.21. The maximum Gasteiger partial charge on any atom is 0.250 e. The number of ether oxygens (including phenoxy) is 1. The predicted octanol–water partition coefficient (Wildman–Crippen LogP) is 0.179. The number of hydrogen-bond donors (Lipinski definition) is 0. The molecular weight excluding hydrogens is 192 g/mol. The van der Waals surface area contributed by atoms with E-state index in [0.717, 1.165) is 19.7 Å². The standard InChI is InChI=1S/C11H16N2O2/c1-12-6-7-15-10(8-12)9-13-5-3-2-4-11(13)14/h2-5,10H,6-9H2,1H3. The van der Waals surface area contributed by atoms with E-state index in [4.69, 9.17) is 4.74 Å². The number of rotatable bonds is 2. The number of nitrogens with zero attached hydrogens (tertiary/aromatic N) is 2. The number of pyridine rings is 1. The van der Waals surface area contributed by atoms with E-state index in [1.807, 2.05) is 6.07 Å².